The van der Waals surface area contributed by atoms with E-state index in [2.05, 4.69) is 50.0 Å². The molecule has 0 N–H and O–H groups in total. The number of hydrogen-bond acceptors (Lipinski definition) is 1. The summed E-state index contributed by atoms with van der Waals surface area (Å²) in [5, 5.41) is 0. The first-order valence-corrected chi connectivity index (χ1v) is 9.95. The highest BCUT2D eigenvalue weighted by Crippen LogP contribution is 2.15. The molecule has 1 heterocycles. The van der Waals surface area contributed by atoms with E-state index in [-0.39, 0.29) is 0 Å². The van der Waals surface area contributed by atoms with Gasteiger partial charge in [0.05, 0.1) is 8.07 Å². The van der Waals surface area contributed by atoms with Crippen LogP contribution in [0, 0.1) is 0 Å². The Hall–Kier alpha value is -0.0831. The molecule has 80 valence electrons. The van der Waals surface area contributed by atoms with Crippen molar-refractivity contribution in [2.45, 2.75) is 52.2 Å². The second-order valence-electron chi connectivity index (χ2n) is 4.97. The number of unbranched alkanes of at least 4 members (excludes halogenated alkanes) is 2. The lowest BCUT2D eigenvalue weighted by Crippen LogP contribution is -2.34. The largest absolute Gasteiger partial charge is 0.150 e. The molecule has 0 saturated heterocycles. The van der Waals surface area contributed by atoms with Crippen molar-refractivity contribution in [3.8, 4) is 0 Å². The predicted octanol–water partition coefficient (Wildman–Crippen LogP) is 4.03. The van der Waals surface area contributed by atoms with Crippen molar-refractivity contribution in [1.29, 1.82) is 0 Å². The summed E-state index contributed by atoms with van der Waals surface area (Å²) in [6.07, 6.45) is 5.36. The number of rotatable bonds is 5. The van der Waals surface area contributed by atoms with Crippen molar-refractivity contribution in [3.05, 3.63) is 17.0 Å². The summed E-state index contributed by atoms with van der Waals surface area (Å²) in [5.41, 5.74) is 0. The maximum atomic E-state index is 2.43. The molecule has 0 bridgehead atoms. The third-order valence-electron chi connectivity index (χ3n) is 2.43. The van der Waals surface area contributed by atoms with Crippen LogP contribution in [0.5, 0.6) is 0 Å². The summed E-state index contributed by atoms with van der Waals surface area (Å²) in [6, 6.07) is 4.70. The Morgan fingerprint density at radius 2 is 1.86 bits per heavy atom. The van der Waals surface area contributed by atoms with Gasteiger partial charge in [-0.15, -0.1) is 0 Å². The second-order valence-corrected chi connectivity index (χ2v) is 11.5. The van der Waals surface area contributed by atoms with Gasteiger partial charge in [-0.3, -0.25) is 0 Å². The Morgan fingerprint density at radius 3 is 2.36 bits per heavy atom. The third-order valence-corrected chi connectivity index (χ3v) is 7.17. The van der Waals surface area contributed by atoms with Gasteiger partial charge in [0.2, 0.25) is 0 Å². The van der Waals surface area contributed by atoms with Gasteiger partial charge >= 0.3 is 0 Å². The molecule has 2 heteroatoms. The zero-order valence-electron chi connectivity index (χ0n) is 9.89. The van der Waals surface area contributed by atoms with Crippen molar-refractivity contribution in [2.24, 2.45) is 0 Å². The second kappa shape index (κ2) is 5.13. The highest BCUT2D eigenvalue weighted by atomic mass is 32.1. The molecule has 14 heavy (non-hydrogen) atoms. The van der Waals surface area contributed by atoms with Crippen LogP contribution < -0.4 is 4.50 Å². The van der Waals surface area contributed by atoms with E-state index in [1.54, 1.807) is 9.38 Å². The first kappa shape index (κ1) is 12.0. The lowest BCUT2D eigenvalue weighted by Gasteiger charge is -2.12. The van der Waals surface area contributed by atoms with Gasteiger partial charge in [0.25, 0.3) is 0 Å². The van der Waals surface area contributed by atoms with Crippen LogP contribution in [0.25, 0.3) is 0 Å². The van der Waals surface area contributed by atoms with E-state index < -0.39 is 8.07 Å². The van der Waals surface area contributed by atoms with Crippen LogP contribution in [-0.2, 0) is 6.42 Å². The molecule has 0 aromatic carbocycles. The van der Waals surface area contributed by atoms with Gasteiger partial charge in [-0.05, 0) is 23.4 Å². The maximum absolute atomic E-state index is 2.43. The molecular weight excluding hydrogens is 204 g/mol. The number of hydrogen-bond donors (Lipinski definition) is 0. The van der Waals surface area contributed by atoms with Crippen molar-refractivity contribution in [2.75, 3.05) is 0 Å². The molecule has 0 saturated carbocycles. The van der Waals surface area contributed by atoms with E-state index in [0.29, 0.717) is 0 Å². The SMILES string of the molecule is CCCCCc1ccc([Si](C)(C)C)s1. The van der Waals surface area contributed by atoms with E-state index >= 15 is 0 Å². The molecule has 1 rings (SSSR count). The summed E-state index contributed by atoms with van der Waals surface area (Å²) in [4.78, 5) is 1.59. The van der Waals surface area contributed by atoms with Gasteiger partial charge in [-0.2, -0.15) is 11.3 Å². The van der Waals surface area contributed by atoms with E-state index in [1.807, 2.05) is 0 Å². The molecule has 0 unspecified atom stereocenters. The van der Waals surface area contributed by atoms with Gasteiger partial charge in [0.1, 0.15) is 0 Å². The molecule has 0 aliphatic rings. The van der Waals surface area contributed by atoms with Crippen molar-refractivity contribution in [3.63, 3.8) is 0 Å². The molecule has 0 radical (unpaired) electrons. The van der Waals surface area contributed by atoms with E-state index in [1.165, 1.54) is 25.7 Å². The third kappa shape index (κ3) is 3.58. The lowest BCUT2D eigenvalue weighted by molar-refractivity contribution is 0.722. The molecule has 1 aromatic heterocycles. The number of aryl methyl sites for hydroxylation is 1. The fraction of sp³-hybridized carbons (Fsp3) is 0.667. The lowest BCUT2D eigenvalue weighted by atomic mass is 10.2. The summed E-state index contributed by atoms with van der Waals surface area (Å²) >= 11 is 2.05. The fourth-order valence-electron chi connectivity index (χ4n) is 1.46. The first-order chi connectivity index (χ1) is 6.54. The van der Waals surface area contributed by atoms with Crippen LogP contribution in [0.4, 0.5) is 0 Å². The molecule has 0 spiro atoms. The summed E-state index contributed by atoms with van der Waals surface area (Å²) in [6.45, 7) is 9.54. The summed E-state index contributed by atoms with van der Waals surface area (Å²) in [5.74, 6) is 0. The van der Waals surface area contributed by atoms with Crippen LogP contribution in [-0.4, -0.2) is 8.07 Å². The zero-order chi connectivity index (χ0) is 10.6. The van der Waals surface area contributed by atoms with Gasteiger partial charge in [-0.25, -0.2) is 0 Å². The quantitative estimate of drug-likeness (QED) is 0.525. The van der Waals surface area contributed by atoms with E-state index in [4.69, 9.17) is 0 Å². The monoisotopic (exact) mass is 226 g/mol. The minimum absolute atomic E-state index is 1.04. The summed E-state index contributed by atoms with van der Waals surface area (Å²) in [7, 11) is -1.04. The molecule has 0 fully saturated rings. The Kier molecular flexibility index (Phi) is 4.39. The van der Waals surface area contributed by atoms with Gasteiger partial charge in [-0.1, -0.05) is 45.5 Å². The van der Waals surface area contributed by atoms with Gasteiger partial charge in [0.15, 0.2) is 0 Å². The van der Waals surface area contributed by atoms with Gasteiger partial charge < -0.3 is 0 Å². The van der Waals surface area contributed by atoms with E-state index in [9.17, 15) is 0 Å². The Labute approximate surface area is 93.4 Å². The minimum atomic E-state index is -1.04. The Bertz CT molecular complexity index is 270. The molecule has 0 aliphatic carbocycles. The molecule has 0 nitrogen and oxygen atoms in total. The van der Waals surface area contributed by atoms with Crippen LogP contribution >= 0.6 is 11.3 Å². The molecular formula is C12H22SSi. The normalized spacial score (nSPS) is 12.0. The minimum Gasteiger partial charge on any atom is -0.150 e. The maximum Gasteiger partial charge on any atom is 0.0904 e. The van der Waals surface area contributed by atoms with Crippen molar-refractivity contribution in [1.82, 2.24) is 0 Å². The Morgan fingerprint density at radius 1 is 1.14 bits per heavy atom. The standard InChI is InChI=1S/C12H22SSi/c1-5-6-7-8-11-9-10-12(13-11)14(2,3)4/h9-10H,5-8H2,1-4H3. The van der Waals surface area contributed by atoms with Gasteiger partial charge in [0, 0.05) is 4.88 Å². The topological polar surface area (TPSA) is 0 Å². The van der Waals surface area contributed by atoms with Crippen molar-refractivity contribution < 1.29 is 0 Å². The predicted molar refractivity (Wildman–Crippen MR) is 70.5 cm³/mol. The molecule has 0 amide bonds. The highest BCUT2D eigenvalue weighted by molar-refractivity contribution is 7.26. The number of thiophene rings is 1. The fourth-order valence-corrected chi connectivity index (χ4v) is 4.47. The Balaban J connectivity index is 2.51. The van der Waals surface area contributed by atoms with Crippen LogP contribution in [0.1, 0.15) is 31.1 Å². The summed E-state index contributed by atoms with van der Waals surface area (Å²) < 4.78 is 1.66. The zero-order valence-corrected chi connectivity index (χ0v) is 11.7. The average Bonchev–Trinajstić information content (AvgIpc) is 2.52. The van der Waals surface area contributed by atoms with Crippen LogP contribution in [0.3, 0.4) is 0 Å². The van der Waals surface area contributed by atoms with Crippen LogP contribution in [0.15, 0.2) is 12.1 Å². The highest BCUT2D eigenvalue weighted by Gasteiger charge is 2.18. The van der Waals surface area contributed by atoms with Crippen molar-refractivity contribution >= 4 is 23.9 Å². The average molecular weight is 226 g/mol. The van der Waals surface area contributed by atoms with E-state index in [0.717, 1.165) is 0 Å². The smallest absolute Gasteiger partial charge is 0.0904 e. The first-order valence-electron chi connectivity index (χ1n) is 5.63. The molecule has 0 aliphatic heterocycles. The molecule has 0 atom stereocenters. The van der Waals surface area contributed by atoms with Crippen LogP contribution in [0.2, 0.25) is 19.6 Å². The molecule has 1 aromatic rings.